The molecule has 0 radical (unpaired) electrons. The van der Waals surface area contributed by atoms with Crippen LogP contribution in [0.25, 0.3) is 10.9 Å². The van der Waals surface area contributed by atoms with Crippen molar-refractivity contribution in [1.82, 2.24) is 4.98 Å². The van der Waals surface area contributed by atoms with Crippen molar-refractivity contribution in [3.05, 3.63) is 35.9 Å². The molecule has 0 aliphatic carbocycles. The van der Waals surface area contributed by atoms with Crippen LogP contribution in [0, 0.1) is 0 Å². The third-order valence-corrected chi connectivity index (χ3v) is 2.82. The summed E-state index contributed by atoms with van der Waals surface area (Å²) in [6.07, 6.45) is 3.36. The number of hydrogen-bond donors (Lipinski definition) is 1. The van der Waals surface area contributed by atoms with Crippen LogP contribution in [0.3, 0.4) is 0 Å². The molecule has 2 aromatic rings. The number of oxime groups is 1. The van der Waals surface area contributed by atoms with Gasteiger partial charge in [0.2, 0.25) is 0 Å². The molecule has 1 aromatic heterocycles. The van der Waals surface area contributed by atoms with Gasteiger partial charge in [-0.3, -0.25) is 0 Å². The summed E-state index contributed by atoms with van der Waals surface area (Å²) < 4.78 is 0. The Bertz CT molecular complexity index is 511. The minimum absolute atomic E-state index is 0.837. The van der Waals surface area contributed by atoms with Crippen LogP contribution in [0.15, 0.2) is 40.5 Å². The first-order chi connectivity index (χ1) is 7.35. The summed E-state index contributed by atoms with van der Waals surface area (Å²) in [7, 11) is 0. The van der Waals surface area contributed by atoms with Gasteiger partial charge in [-0.05, 0) is 18.4 Å². The van der Waals surface area contributed by atoms with Crippen molar-refractivity contribution in [2.24, 2.45) is 5.16 Å². The summed E-state index contributed by atoms with van der Waals surface area (Å²) in [6.45, 7) is 0. The van der Waals surface area contributed by atoms with Gasteiger partial charge < -0.3 is 5.21 Å². The van der Waals surface area contributed by atoms with Gasteiger partial charge in [-0.2, -0.15) is 0 Å². The lowest BCUT2D eigenvalue weighted by atomic mass is 10.2. The fourth-order valence-corrected chi connectivity index (χ4v) is 1.97. The Morgan fingerprint density at radius 2 is 2.20 bits per heavy atom. The summed E-state index contributed by atoms with van der Waals surface area (Å²) in [5.41, 5.74) is 1.79. The minimum Gasteiger partial charge on any atom is -0.411 e. The molecule has 0 amide bonds. The van der Waals surface area contributed by atoms with E-state index in [0.717, 1.165) is 21.5 Å². The van der Waals surface area contributed by atoms with E-state index < -0.39 is 0 Å². The van der Waals surface area contributed by atoms with Crippen molar-refractivity contribution in [3.63, 3.8) is 0 Å². The highest BCUT2D eigenvalue weighted by Crippen LogP contribution is 2.21. The zero-order valence-corrected chi connectivity index (χ0v) is 9.03. The highest BCUT2D eigenvalue weighted by atomic mass is 32.2. The molecule has 0 saturated carbocycles. The lowest BCUT2D eigenvalue weighted by molar-refractivity contribution is 0.321. The molecule has 1 heterocycles. The van der Waals surface area contributed by atoms with Gasteiger partial charge in [0.05, 0.1) is 11.7 Å². The highest BCUT2D eigenvalue weighted by Gasteiger charge is 2.03. The van der Waals surface area contributed by atoms with Crippen LogP contribution in [0.2, 0.25) is 0 Å². The van der Waals surface area contributed by atoms with E-state index in [1.165, 1.54) is 18.0 Å². The topological polar surface area (TPSA) is 45.5 Å². The van der Waals surface area contributed by atoms with Crippen molar-refractivity contribution in [1.29, 1.82) is 0 Å². The number of rotatable bonds is 2. The van der Waals surface area contributed by atoms with Crippen molar-refractivity contribution in [2.75, 3.05) is 6.26 Å². The predicted octanol–water partition coefficient (Wildman–Crippen LogP) is 2.76. The summed E-state index contributed by atoms with van der Waals surface area (Å²) in [6, 6.07) is 9.84. The van der Waals surface area contributed by atoms with E-state index in [-0.39, 0.29) is 0 Å². The molecule has 0 bridgehead atoms. The lowest BCUT2D eigenvalue weighted by Gasteiger charge is -2.03. The van der Waals surface area contributed by atoms with E-state index in [0.29, 0.717) is 0 Å². The zero-order chi connectivity index (χ0) is 10.7. The van der Waals surface area contributed by atoms with Gasteiger partial charge in [-0.1, -0.05) is 23.4 Å². The molecule has 0 unspecified atom stereocenters. The van der Waals surface area contributed by atoms with E-state index in [4.69, 9.17) is 5.21 Å². The van der Waals surface area contributed by atoms with Crippen LogP contribution in [0.5, 0.6) is 0 Å². The summed E-state index contributed by atoms with van der Waals surface area (Å²) in [5.74, 6) is 0. The fourth-order valence-electron chi connectivity index (χ4n) is 1.43. The molecular formula is C11H10N2OS. The van der Waals surface area contributed by atoms with Gasteiger partial charge in [-0.25, -0.2) is 4.98 Å². The molecule has 0 saturated heterocycles. The molecule has 0 fully saturated rings. The van der Waals surface area contributed by atoms with Crippen molar-refractivity contribution < 1.29 is 5.21 Å². The molecule has 0 spiro atoms. The van der Waals surface area contributed by atoms with Crippen LogP contribution >= 0.6 is 11.8 Å². The van der Waals surface area contributed by atoms with Crippen LogP contribution in [-0.2, 0) is 0 Å². The van der Waals surface area contributed by atoms with Gasteiger partial charge >= 0.3 is 0 Å². The largest absolute Gasteiger partial charge is 0.411 e. The smallest absolute Gasteiger partial charge is 0.105 e. The molecule has 0 aliphatic heterocycles. The maximum absolute atomic E-state index is 8.54. The normalized spacial score (nSPS) is 11.3. The standard InChI is InChI=1S/C11H10N2OS/c1-15-11-9(7-12-14)6-8-4-2-3-5-10(8)13-11/h2-7,14H,1H3. The van der Waals surface area contributed by atoms with Crippen LogP contribution in [-0.4, -0.2) is 22.7 Å². The van der Waals surface area contributed by atoms with Crippen molar-refractivity contribution >= 4 is 28.9 Å². The zero-order valence-electron chi connectivity index (χ0n) is 8.21. The van der Waals surface area contributed by atoms with Gasteiger partial charge in [0.25, 0.3) is 0 Å². The van der Waals surface area contributed by atoms with E-state index in [9.17, 15) is 0 Å². The Labute approximate surface area is 91.8 Å². The average molecular weight is 218 g/mol. The van der Waals surface area contributed by atoms with Crippen LogP contribution in [0.4, 0.5) is 0 Å². The SMILES string of the molecule is CSc1nc2ccccc2cc1C=NO. The molecular weight excluding hydrogens is 208 g/mol. The maximum Gasteiger partial charge on any atom is 0.105 e. The number of pyridine rings is 1. The van der Waals surface area contributed by atoms with E-state index >= 15 is 0 Å². The Balaban J connectivity index is 2.69. The third-order valence-electron chi connectivity index (χ3n) is 2.11. The second-order valence-electron chi connectivity index (χ2n) is 3.02. The van der Waals surface area contributed by atoms with Gasteiger partial charge in [0.15, 0.2) is 0 Å². The summed E-state index contributed by atoms with van der Waals surface area (Å²) in [5, 5.41) is 13.5. The molecule has 15 heavy (non-hydrogen) atoms. The first-order valence-electron chi connectivity index (χ1n) is 4.46. The number of benzene rings is 1. The number of para-hydroxylation sites is 1. The Hall–Kier alpha value is -1.55. The molecule has 4 heteroatoms. The molecule has 0 atom stereocenters. The minimum atomic E-state index is 0.837. The number of aromatic nitrogens is 1. The number of thioether (sulfide) groups is 1. The molecule has 2 rings (SSSR count). The van der Waals surface area contributed by atoms with Crippen LogP contribution < -0.4 is 0 Å². The third kappa shape index (κ3) is 1.94. The fraction of sp³-hybridized carbons (Fsp3) is 0.0909. The van der Waals surface area contributed by atoms with Gasteiger partial charge in [-0.15, -0.1) is 11.8 Å². The molecule has 76 valence electrons. The number of nitrogens with zero attached hydrogens (tertiary/aromatic N) is 2. The van der Waals surface area contributed by atoms with Crippen LogP contribution in [0.1, 0.15) is 5.56 Å². The lowest BCUT2D eigenvalue weighted by Crippen LogP contribution is -1.91. The number of fused-ring (bicyclic) bond motifs is 1. The summed E-state index contributed by atoms with van der Waals surface area (Å²) in [4.78, 5) is 4.47. The second-order valence-corrected chi connectivity index (χ2v) is 3.82. The van der Waals surface area contributed by atoms with Crippen molar-refractivity contribution in [2.45, 2.75) is 5.03 Å². The van der Waals surface area contributed by atoms with E-state index in [2.05, 4.69) is 10.1 Å². The quantitative estimate of drug-likeness (QED) is 0.365. The predicted molar refractivity (Wildman–Crippen MR) is 62.9 cm³/mol. The Morgan fingerprint density at radius 3 is 2.93 bits per heavy atom. The van der Waals surface area contributed by atoms with E-state index in [1.54, 1.807) is 0 Å². The highest BCUT2D eigenvalue weighted by molar-refractivity contribution is 7.98. The Kier molecular flexibility index (Phi) is 2.87. The first-order valence-corrected chi connectivity index (χ1v) is 5.69. The first kappa shape index (κ1) is 9.98. The average Bonchev–Trinajstić information content (AvgIpc) is 2.28. The van der Waals surface area contributed by atoms with E-state index in [1.807, 2.05) is 36.6 Å². The Morgan fingerprint density at radius 1 is 1.40 bits per heavy atom. The molecule has 1 N–H and O–H groups in total. The number of hydrogen-bond acceptors (Lipinski definition) is 4. The molecule has 3 nitrogen and oxygen atoms in total. The monoisotopic (exact) mass is 218 g/mol. The van der Waals surface area contributed by atoms with Gasteiger partial charge in [0, 0.05) is 10.9 Å². The second kappa shape index (κ2) is 4.31. The van der Waals surface area contributed by atoms with Crippen molar-refractivity contribution in [3.8, 4) is 0 Å². The molecule has 0 aliphatic rings. The van der Waals surface area contributed by atoms with Gasteiger partial charge in [0.1, 0.15) is 5.03 Å². The summed E-state index contributed by atoms with van der Waals surface area (Å²) >= 11 is 1.54. The molecule has 1 aromatic carbocycles. The maximum atomic E-state index is 8.54.